The smallest absolute Gasteiger partial charge is 0.315 e. The van der Waals surface area contributed by atoms with Crippen LogP contribution in [0.4, 0.5) is 10.5 Å². The molecule has 2 aromatic carbocycles. The van der Waals surface area contributed by atoms with Gasteiger partial charge in [-0.05, 0) is 79.5 Å². The molecule has 0 aromatic heterocycles. The maximum Gasteiger partial charge on any atom is 0.315 e. The molecule has 0 spiro atoms. The Morgan fingerprint density at radius 2 is 1.61 bits per heavy atom. The van der Waals surface area contributed by atoms with Crippen molar-refractivity contribution >= 4 is 27.7 Å². The Labute approximate surface area is 185 Å². The van der Waals surface area contributed by atoms with Gasteiger partial charge in [0.05, 0.1) is 12.7 Å². The molecule has 0 saturated heterocycles. The Balaban J connectivity index is 2.19. The van der Waals surface area contributed by atoms with Crippen molar-refractivity contribution in [2.24, 2.45) is 0 Å². The molecular weight excluding hydrogens is 414 g/mol. The highest BCUT2D eigenvalue weighted by Crippen LogP contribution is 2.45. The van der Waals surface area contributed by atoms with Crippen LogP contribution in [0.25, 0.3) is 0 Å². The zero-order valence-corrected chi connectivity index (χ0v) is 19.8. The molecule has 0 aliphatic rings. The van der Waals surface area contributed by atoms with Gasteiger partial charge in [-0.15, -0.1) is 0 Å². The molecule has 1 atom stereocenters. The van der Waals surface area contributed by atoms with Crippen molar-refractivity contribution in [1.82, 2.24) is 10.6 Å². The first kappa shape index (κ1) is 24.6. The van der Waals surface area contributed by atoms with E-state index in [0.717, 1.165) is 0 Å². The minimum atomic E-state index is -1.06. The Morgan fingerprint density at radius 1 is 1.03 bits per heavy atom. The number of amides is 3. The molecule has 0 bridgehead atoms. The molecule has 2 aromatic rings. The van der Waals surface area contributed by atoms with Crippen LogP contribution < -0.4 is 20.7 Å². The third-order valence-corrected chi connectivity index (χ3v) is 6.18. The Kier molecular flexibility index (Phi) is 7.97. The summed E-state index contributed by atoms with van der Waals surface area (Å²) in [4.78, 5) is 26.7. The van der Waals surface area contributed by atoms with Gasteiger partial charge in [0, 0.05) is 12.2 Å². The minimum absolute atomic E-state index is 0.0480. The first-order valence-electron chi connectivity index (χ1n) is 9.89. The highest BCUT2D eigenvalue weighted by molar-refractivity contribution is 8.32. The highest BCUT2D eigenvalue weighted by atomic mass is 32.3. The maximum atomic E-state index is 13.1. The van der Waals surface area contributed by atoms with Gasteiger partial charge in [-0.1, -0.05) is 12.1 Å². The molecule has 170 valence electrons. The van der Waals surface area contributed by atoms with Gasteiger partial charge in [0.1, 0.15) is 11.8 Å². The van der Waals surface area contributed by atoms with Crippen molar-refractivity contribution in [3.8, 4) is 5.75 Å². The van der Waals surface area contributed by atoms with Gasteiger partial charge in [0.2, 0.25) is 0 Å². The molecule has 31 heavy (non-hydrogen) atoms. The molecule has 1 unspecified atom stereocenters. The van der Waals surface area contributed by atoms with E-state index in [1.54, 1.807) is 45.2 Å². The molecule has 0 heterocycles. The van der Waals surface area contributed by atoms with Gasteiger partial charge in [-0.25, -0.2) is 14.8 Å². The van der Waals surface area contributed by atoms with Crippen molar-refractivity contribution in [3.05, 3.63) is 54.1 Å². The van der Waals surface area contributed by atoms with E-state index < -0.39 is 27.7 Å². The molecule has 0 aliphatic carbocycles. The van der Waals surface area contributed by atoms with Crippen LogP contribution in [0.5, 0.6) is 5.75 Å². The van der Waals surface area contributed by atoms with E-state index in [2.05, 4.69) is 34.7 Å². The van der Waals surface area contributed by atoms with Crippen molar-refractivity contribution in [1.29, 1.82) is 0 Å². The second-order valence-electron chi connectivity index (χ2n) is 8.70. The summed E-state index contributed by atoms with van der Waals surface area (Å²) < 4.78 is 5.17. The van der Waals surface area contributed by atoms with E-state index >= 15 is 0 Å². The second-order valence-corrected chi connectivity index (χ2v) is 12.8. The van der Waals surface area contributed by atoms with Crippen molar-refractivity contribution in [3.63, 3.8) is 0 Å². The van der Waals surface area contributed by atoms with Crippen LogP contribution in [0.1, 0.15) is 25.5 Å². The normalized spacial score (nSPS) is 13.1. The number of benzene rings is 2. The maximum absolute atomic E-state index is 13.1. The Hall–Kier alpha value is -2.71. The standard InChI is InChI=1S/C23H33N3O4S/c1-23(2,29)15-24-22(28)26-20(16-7-11-18(30-3)12-8-16)21(27)25-17-9-13-19(14-10-17)31(4,5)6/h7-14,20,29H,15H2,1-6H3,(H,25,27)(H2,24,26,28). The number of nitrogens with one attached hydrogen (secondary N) is 3. The fourth-order valence-corrected chi connectivity index (χ4v) is 3.69. The first-order valence-corrected chi connectivity index (χ1v) is 12.7. The summed E-state index contributed by atoms with van der Waals surface area (Å²) >= 11 is 0. The van der Waals surface area contributed by atoms with E-state index in [0.29, 0.717) is 17.0 Å². The summed E-state index contributed by atoms with van der Waals surface area (Å²) in [6.45, 7) is 3.22. The average molecular weight is 448 g/mol. The fraction of sp³-hybridized carbons (Fsp3) is 0.391. The van der Waals surface area contributed by atoms with E-state index in [4.69, 9.17) is 4.74 Å². The van der Waals surface area contributed by atoms with E-state index in [1.165, 1.54) is 4.90 Å². The predicted octanol–water partition coefficient (Wildman–Crippen LogP) is 3.50. The molecular formula is C23H33N3O4S. The number of carbonyl (C=O) groups excluding carboxylic acids is 2. The molecule has 4 N–H and O–H groups in total. The molecule has 3 amide bonds. The zero-order chi connectivity index (χ0) is 23.2. The molecule has 2 rings (SSSR count). The van der Waals surface area contributed by atoms with Crippen molar-refractivity contribution in [2.75, 3.05) is 37.7 Å². The third kappa shape index (κ3) is 7.80. The summed E-state index contributed by atoms with van der Waals surface area (Å²) in [7, 11) is 0.701. The molecule has 0 radical (unpaired) electrons. The van der Waals surface area contributed by atoms with Crippen LogP contribution in [0, 0.1) is 0 Å². The van der Waals surface area contributed by atoms with Gasteiger partial charge >= 0.3 is 6.03 Å². The van der Waals surface area contributed by atoms with Gasteiger partial charge in [0.25, 0.3) is 5.91 Å². The van der Waals surface area contributed by atoms with E-state index in [-0.39, 0.29) is 12.5 Å². The topological polar surface area (TPSA) is 99.7 Å². The van der Waals surface area contributed by atoms with Gasteiger partial charge in [-0.2, -0.15) is 0 Å². The lowest BCUT2D eigenvalue weighted by molar-refractivity contribution is -0.118. The zero-order valence-electron chi connectivity index (χ0n) is 19.0. The van der Waals surface area contributed by atoms with E-state index in [1.807, 2.05) is 24.3 Å². The summed E-state index contributed by atoms with van der Waals surface area (Å²) in [6.07, 6.45) is 6.61. The van der Waals surface area contributed by atoms with Gasteiger partial charge in [0.15, 0.2) is 0 Å². The quantitative estimate of drug-likeness (QED) is 0.498. The second kappa shape index (κ2) is 10.1. The lowest BCUT2D eigenvalue weighted by Crippen LogP contribution is -2.46. The minimum Gasteiger partial charge on any atom is -0.497 e. The van der Waals surface area contributed by atoms with E-state index in [9.17, 15) is 14.7 Å². The molecule has 0 saturated carbocycles. The van der Waals surface area contributed by atoms with Crippen LogP contribution in [-0.4, -0.2) is 55.1 Å². The summed E-state index contributed by atoms with van der Waals surface area (Å²) in [5.41, 5.74) is 0.188. The fourth-order valence-electron chi connectivity index (χ4n) is 2.74. The molecule has 8 heteroatoms. The number of urea groups is 1. The monoisotopic (exact) mass is 447 g/mol. The van der Waals surface area contributed by atoms with Crippen molar-refractivity contribution < 1.29 is 19.4 Å². The number of aliphatic hydroxyl groups is 1. The number of ether oxygens (including phenoxy) is 1. The number of carbonyl (C=O) groups is 2. The number of rotatable bonds is 8. The lowest BCUT2D eigenvalue weighted by atomic mass is 10.1. The number of hydrogen-bond acceptors (Lipinski definition) is 4. The number of anilines is 1. The van der Waals surface area contributed by atoms with Gasteiger partial charge in [-0.3, -0.25) is 4.79 Å². The van der Waals surface area contributed by atoms with Gasteiger partial charge < -0.3 is 25.8 Å². The molecule has 0 fully saturated rings. The Morgan fingerprint density at radius 3 is 2.10 bits per heavy atom. The summed E-state index contributed by atoms with van der Waals surface area (Å²) in [5, 5.41) is 18.0. The average Bonchev–Trinajstić information content (AvgIpc) is 2.70. The summed E-state index contributed by atoms with van der Waals surface area (Å²) in [6, 6.07) is 13.2. The third-order valence-electron chi connectivity index (χ3n) is 4.50. The largest absolute Gasteiger partial charge is 0.497 e. The Bertz CT molecular complexity index is 885. The first-order chi connectivity index (χ1) is 14.4. The van der Waals surface area contributed by atoms with Crippen molar-refractivity contribution in [2.45, 2.75) is 30.4 Å². The van der Waals surface area contributed by atoms with Crippen LogP contribution in [-0.2, 0) is 4.79 Å². The van der Waals surface area contributed by atoms with Crippen LogP contribution in [0.15, 0.2) is 53.4 Å². The molecule has 0 aliphatic heterocycles. The van der Waals surface area contributed by atoms with Crippen LogP contribution in [0.2, 0.25) is 0 Å². The summed E-state index contributed by atoms with van der Waals surface area (Å²) in [5.74, 6) is 0.272. The highest BCUT2D eigenvalue weighted by Gasteiger charge is 2.24. The molecule has 7 nitrogen and oxygen atoms in total. The number of methoxy groups -OCH3 is 1. The lowest BCUT2D eigenvalue weighted by Gasteiger charge is -2.26. The van der Waals surface area contributed by atoms with Crippen LogP contribution >= 0.6 is 10.0 Å². The number of hydrogen-bond donors (Lipinski definition) is 4. The predicted molar refractivity (Wildman–Crippen MR) is 127 cm³/mol. The van der Waals surface area contributed by atoms with Crippen LogP contribution in [0.3, 0.4) is 0 Å². The SMILES string of the molecule is COc1ccc(C(NC(=O)NCC(C)(C)O)C(=O)Nc2ccc(S(C)(C)C)cc2)cc1.